The van der Waals surface area contributed by atoms with Gasteiger partial charge in [0.25, 0.3) is 0 Å². The van der Waals surface area contributed by atoms with Gasteiger partial charge in [-0.3, -0.25) is 0 Å². The zero-order chi connectivity index (χ0) is 34.1. The third kappa shape index (κ3) is 7.97. The van der Waals surface area contributed by atoms with Crippen LogP contribution in [0.3, 0.4) is 0 Å². The van der Waals surface area contributed by atoms with Gasteiger partial charge in [-0.1, -0.05) is 126 Å². The molecule has 6 heteroatoms. The van der Waals surface area contributed by atoms with Crippen molar-refractivity contribution in [3.8, 4) is 22.6 Å². The molecule has 0 amide bonds. The number of benzene rings is 4. The minimum atomic E-state index is 0.699. The molecule has 0 radical (unpaired) electrons. The Balaban J connectivity index is 1.25. The Morgan fingerprint density at radius 1 is 0.480 bits per heavy atom. The summed E-state index contributed by atoms with van der Waals surface area (Å²) in [5.41, 5.74) is 7.45. The second-order valence-electron chi connectivity index (χ2n) is 14.0. The maximum absolute atomic E-state index is 6.70. The van der Waals surface area contributed by atoms with Crippen LogP contribution < -0.4 is 19.3 Å². The molecule has 0 fully saturated rings. The molecule has 3 aliphatic rings. The van der Waals surface area contributed by atoms with Gasteiger partial charge in [0.1, 0.15) is 11.5 Å². The fourth-order valence-electron chi connectivity index (χ4n) is 7.52. The summed E-state index contributed by atoms with van der Waals surface area (Å²) in [5.74, 6) is 1.93. The van der Waals surface area contributed by atoms with Gasteiger partial charge in [-0.05, 0) is 62.1 Å². The summed E-state index contributed by atoms with van der Waals surface area (Å²) < 4.78 is 13.4. The molecule has 0 saturated carbocycles. The van der Waals surface area contributed by atoms with E-state index in [-0.39, 0.29) is 0 Å². The molecule has 3 aliphatic heterocycles. The molecular formula is C44H54N2O2S2. The monoisotopic (exact) mass is 706 g/mol. The summed E-state index contributed by atoms with van der Waals surface area (Å²) in [5, 5.41) is 0. The SMILES string of the molecule is CCCCCCCCN1c2ccccc2Sc2cc3c(cc21)OCCCCOc1cc2c(cc1-3)Sc1ccccc1N2CCCCCCCC. The number of rotatable bonds is 14. The molecule has 0 aliphatic carbocycles. The Bertz CT molecular complexity index is 1610. The Hall–Kier alpha value is -3.22. The first-order valence-electron chi connectivity index (χ1n) is 19.5. The molecule has 50 heavy (non-hydrogen) atoms. The van der Waals surface area contributed by atoms with Gasteiger partial charge >= 0.3 is 0 Å². The third-order valence-corrected chi connectivity index (χ3v) is 12.5. The highest BCUT2D eigenvalue weighted by Gasteiger charge is 2.30. The van der Waals surface area contributed by atoms with Crippen LogP contribution in [0.5, 0.6) is 11.5 Å². The Morgan fingerprint density at radius 3 is 1.36 bits per heavy atom. The normalized spacial score (nSPS) is 14.7. The van der Waals surface area contributed by atoms with E-state index in [1.165, 1.54) is 119 Å². The lowest BCUT2D eigenvalue weighted by molar-refractivity contribution is 0.263. The average Bonchev–Trinajstić information content (AvgIpc) is 3.14. The summed E-state index contributed by atoms with van der Waals surface area (Å²) in [6.45, 7) is 8.02. The van der Waals surface area contributed by atoms with E-state index in [0.717, 1.165) is 48.6 Å². The largest absolute Gasteiger partial charge is 0.493 e. The molecule has 3 heterocycles. The topological polar surface area (TPSA) is 24.9 Å². The van der Waals surface area contributed by atoms with Crippen LogP contribution in [0.2, 0.25) is 0 Å². The molecule has 0 N–H and O–H groups in total. The van der Waals surface area contributed by atoms with E-state index in [9.17, 15) is 0 Å². The van der Waals surface area contributed by atoms with Crippen molar-refractivity contribution in [2.75, 3.05) is 36.1 Å². The summed E-state index contributed by atoms with van der Waals surface area (Å²) >= 11 is 3.78. The highest BCUT2D eigenvalue weighted by atomic mass is 32.2. The second kappa shape index (κ2) is 17.3. The van der Waals surface area contributed by atoms with E-state index < -0.39 is 0 Å². The first-order chi connectivity index (χ1) is 24.7. The lowest BCUT2D eigenvalue weighted by Crippen LogP contribution is -2.23. The number of unbranched alkanes of at least 4 members (excludes halogenated alkanes) is 10. The zero-order valence-electron chi connectivity index (χ0n) is 30.2. The third-order valence-electron chi connectivity index (χ3n) is 10.3. The van der Waals surface area contributed by atoms with E-state index in [1.54, 1.807) is 0 Å². The van der Waals surface area contributed by atoms with E-state index in [4.69, 9.17) is 9.47 Å². The first kappa shape index (κ1) is 35.2. The van der Waals surface area contributed by atoms with E-state index >= 15 is 0 Å². The summed E-state index contributed by atoms with van der Waals surface area (Å²) in [6, 6.07) is 27.3. The quantitative estimate of drug-likeness (QED) is 0.121. The van der Waals surface area contributed by atoms with E-state index in [2.05, 4.69) is 96.4 Å². The number of fused-ring (bicyclic) bond motifs is 7. The lowest BCUT2D eigenvalue weighted by Gasteiger charge is -2.35. The Kier molecular flexibility index (Phi) is 12.2. The van der Waals surface area contributed by atoms with Crippen LogP contribution in [0.15, 0.2) is 92.4 Å². The predicted molar refractivity (Wildman–Crippen MR) is 214 cm³/mol. The molecule has 0 unspecified atom stereocenters. The minimum absolute atomic E-state index is 0.699. The lowest BCUT2D eigenvalue weighted by atomic mass is 10.00. The first-order valence-corrected chi connectivity index (χ1v) is 21.1. The van der Waals surface area contributed by atoms with Gasteiger partial charge in [0.2, 0.25) is 0 Å². The maximum Gasteiger partial charge on any atom is 0.129 e. The van der Waals surface area contributed by atoms with Crippen molar-refractivity contribution in [2.45, 2.75) is 123 Å². The summed E-state index contributed by atoms with van der Waals surface area (Å²) in [4.78, 5) is 10.3. The molecule has 0 bridgehead atoms. The van der Waals surface area contributed by atoms with Crippen LogP contribution in [0.25, 0.3) is 11.1 Å². The molecule has 7 rings (SSSR count). The highest BCUT2D eigenvalue weighted by Crippen LogP contribution is 2.55. The number of anilines is 4. The molecular weight excluding hydrogens is 653 g/mol. The van der Waals surface area contributed by atoms with Crippen LogP contribution in [-0.2, 0) is 0 Å². The standard InChI is InChI=1S/C44H54N2O2S2/c1-3-5-7-9-11-17-25-45-35-21-13-15-23-41(35)49-43-29-33-34-30-44-38(32-40(34)48-28-20-19-27-47-39(33)31-37(43)45)46(26-18-12-10-8-6-4-2)36-22-14-16-24-42(36)50-44/h13-16,21-24,29-32H,3-12,17-20,25-28H2,1-2H3. The average molecular weight is 707 g/mol. The number of nitrogens with zero attached hydrogens (tertiary/aromatic N) is 2. The fraction of sp³-hybridized carbons (Fsp3) is 0.455. The molecule has 0 saturated heterocycles. The molecule has 264 valence electrons. The van der Waals surface area contributed by atoms with Crippen LogP contribution in [0.1, 0.15) is 104 Å². The van der Waals surface area contributed by atoms with Gasteiger partial charge in [0.05, 0.1) is 36.0 Å². The van der Waals surface area contributed by atoms with Crippen molar-refractivity contribution in [3.05, 3.63) is 72.8 Å². The molecule has 0 spiro atoms. The fourth-order valence-corrected chi connectivity index (χ4v) is 9.76. The van der Waals surface area contributed by atoms with Crippen LogP contribution in [-0.4, -0.2) is 26.3 Å². The smallest absolute Gasteiger partial charge is 0.129 e. The zero-order valence-corrected chi connectivity index (χ0v) is 31.8. The van der Waals surface area contributed by atoms with Gasteiger partial charge in [-0.25, -0.2) is 0 Å². The Morgan fingerprint density at radius 2 is 0.900 bits per heavy atom. The van der Waals surface area contributed by atoms with Crippen LogP contribution in [0.4, 0.5) is 22.7 Å². The summed E-state index contributed by atoms with van der Waals surface area (Å²) in [7, 11) is 0. The van der Waals surface area contributed by atoms with Crippen molar-refractivity contribution in [1.82, 2.24) is 0 Å². The van der Waals surface area contributed by atoms with Gasteiger partial charge < -0.3 is 19.3 Å². The van der Waals surface area contributed by atoms with Crippen LogP contribution >= 0.6 is 23.5 Å². The molecule has 4 nitrogen and oxygen atoms in total. The highest BCUT2D eigenvalue weighted by molar-refractivity contribution is 8.00. The van der Waals surface area contributed by atoms with Gasteiger partial charge in [0, 0.05) is 55.9 Å². The number of hydrogen-bond donors (Lipinski definition) is 0. The van der Waals surface area contributed by atoms with Crippen molar-refractivity contribution >= 4 is 46.3 Å². The van der Waals surface area contributed by atoms with Gasteiger partial charge in [-0.15, -0.1) is 0 Å². The van der Waals surface area contributed by atoms with E-state index in [0.29, 0.717) is 13.2 Å². The van der Waals surface area contributed by atoms with Crippen molar-refractivity contribution in [2.24, 2.45) is 0 Å². The maximum atomic E-state index is 6.70. The Labute approximate surface area is 309 Å². The minimum Gasteiger partial charge on any atom is -0.493 e. The molecule has 0 aromatic heterocycles. The number of ether oxygens (including phenoxy) is 2. The van der Waals surface area contributed by atoms with Crippen molar-refractivity contribution in [3.63, 3.8) is 0 Å². The second-order valence-corrected chi connectivity index (χ2v) is 16.2. The van der Waals surface area contributed by atoms with Crippen molar-refractivity contribution in [1.29, 1.82) is 0 Å². The number of hydrogen-bond acceptors (Lipinski definition) is 6. The predicted octanol–water partition coefficient (Wildman–Crippen LogP) is 13.8. The van der Waals surface area contributed by atoms with Gasteiger partial charge in [0.15, 0.2) is 0 Å². The molecule has 4 aromatic rings. The van der Waals surface area contributed by atoms with Gasteiger partial charge in [-0.2, -0.15) is 0 Å². The van der Waals surface area contributed by atoms with Crippen molar-refractivity contribution < 1.29 is 9.47 Å². The van der Waals surface area contributed by atoms with E-state index in [1.807, 2.05) is 23.5 Å². The molecule has 4 aromatic carbocycles. The summed E-state index contributed by atoms with van der Waals surface area (Å²) in [6.07, 6.45) is 17.4. The number of para-hydroxylation sites is 2. The van der Waals surface area contributed by atoms with Crippen LogP contribution in [0, 0.1) is 0 Å². The molecule has 0 atom stereocenters.